The summed E-state index contributed by atoms with van der Waals surface area (Å²) in [6.45, 7) is 4.77. The highest BCUT2D eigenvalue weighted by Crippen LogP contribution is 2.27. The lowest BCUT2D eigenvalue weighted by Gasteiger charge is -2.28. The van der Waals surface area contributed by atoms with Crippen LogP contribution in [0.2, 0.25) is 0 Å². The molecule has 0 atom stereocenters. The van der Waals surface area contributed by atoms with Crippen molar-refractivity contribution in [2.24, 2.45) is 5.92 Å². The molecule has 0 bridgehead atoms. The fraction of sp³-hybridized carbons (Fsp3) is 0.625. The molecule has 4 heteroatoms. The highest BCUT2D eigenvalue weighted by molar-refractivity contribution is 5.42. The van der Waals surface area contributed by atoms with Gasteiger partial charge in [-0.3, -0.25) is 10.1 Å². The zero-order chi connectivity index (χ0) is 14.5. The van der Waals surface area contributed by atoms with E-state index in [-0.39, 0.29) is 10.6 Å². The molecule has 20 heavy (non-hydrogen) atoms. The largest absolute Gasteiger partial charge is 0.310 e. The van der Waals surface area contributed by atoms with Crippen LogP contribution >= 0.6 is 0 Å². The van der Waals surface area contributed by atoms with Crippen molar-refractivity contribution >= 4 is 5.69 Å². The van der Waals surface area contributed by atoms with E-state index in [0.717, 1.165) is 23.6 Å². The second-order valence-electron chi connectivity index (χ2n) is 5.88. The van der Waals surface area contributed by atoms with Gasteiger partial charge in [-0.2, -0.15) is 0 Å². The van der Waals surface area contributed by atoms with Gasteiger partial charge in [-0.15, -0.1) is 0 Å². The lowest BCUT2D eigenvalue weighted by molar-refractivity contribution is -0.385. The third kappa shape index (κ3) is 3.79. The average Bonchev–Trinajstić information content (AvgIpc) is 2.46. The van der Waals surface area contributed by atoms with Gasteiger partial charge < -0.3 is 5.32 Å². The Labute approximate surface area is 120 Å². The Morgan fingerprint density at radius 3 is 2.60 bits per heavy atom. The summed E-state index contributed by atoms with van der Waals surface area (Å²) in [5, 5.41) is 14.5. The van der Waals surface area contributed by atoms with Crippen LogP contribution in [0.15, 0.2) is 18.2 Å². The highest BCUT2D eigenvalue weighted by atomic mass is 16.6. The van der Waals surface area contributed by atoms with Crippen LogP contribution in [0.25, 0.3) is 0 Å². The number of nitro groups is 1. The number of aryl methyl sites for hydroxylation is 1. The van der Waals surface area contributed by atoms with Crippen LogP contribution in [0.1, 0.15) is 50.2 Å². The van der Waals surface area contributed by atoms with Gasteiger partial charge in [0.15, 0.2) is 0 Å². The van der Waals surface area contributed by atoms with Crippen molar-refractivity contribution in [2.75, 3.05) is 0 Å². The van der Waals surface area contributed by atoms with Crippen molar-refractivity contribution in [3.8, 4) is 0 Å². The fourth-order valence-electron chi connectivity index (χ4n) is 3.00. The lowest BCUT2D eigenvalue weighted by Crippen LogP contribution is -2.32. The molecule has 1 aromatic carbocycles. The Morgan fingerprint density at radius 1 is 1.30 bits per heavy atom. The van der Waals surface area contributed by atoms with E-state index in [4.69, 9.17) is 0 Å². The molecule has 0 unspecified atom stereocenters. The van der Waals surface area contributed by atoms with Crippen molar-refractivity contribution in [1.29, 1.82) is 0 Å². The van der Waals surface area contributed by atoms with Gasteiger partial charge in [0.2, 0.25) is 0 Å². The second-order valence-corrected chi connectivity index (χ2v) is 5.88. The van der Waals surface area contributed by atoms with Crippen molar-refractivity contribution in [3.05, 3.63) is 39.4 Å². The molecule has 1 aliphatic carbocycles. The average molecular weight is 276 g/mol. The number of benzene rings is 1. The Morgan fingerprint density at radius 2 is 2.00 bits per heavy atom. The molecule has 0 aliphatic heterocycles. The number of nitrogens with one attached hydrogen (secondary N) is 1. The number of rotatable bonds is 5. The summed E-state index contributed by atoms with van der Waals surface area (Å²) in [5.41, 5.74) is 1.95. The number of hydrogen-bond donors (Lipinski definition) is 1. The van der Waals surface area contributed by atoms with Crippen LogP contribution in [0.3, 0.4) is 0 Å². The first kappa shape index (κ1) is 15.0. The molecule has 0 spiro atoms. The molecule has 110 valence electrons. The molecule has 0 aromatic heterocycles. The van der Waals surface area contributed by atoms with E-state index in [9.17, 15) is 10.1 Å². The molecule has 0 radical (unpaired) electrons. The SMILES string of the molecule is CCC1CCC(NCc2ccc(C)c([N+](=O)[O-])c2)CC1. The second kappa shape index (κ2) is 6.84. The topological polar surface area (TPSA) is 55.2 Å². The Hall–Kier alpha value is -1.42. The van der Waals surface area contributed by atoms with Crippen molar-refractivity contribution in [2.45, 2.75) is 58.5 Å². The van der Waals surface area contributed by atoms with Crippen molar-refractivity contribution < 1.29 is 4.92 Å². The zero-order valence-electron chi connectivity index (χ0n) is 12.4. The van der Waals surface area contributed by atoms with Crippen LogP contribution < -0.4 is 5.32 Å². The Bertz CT molecular complexity index is 466. The molecule has 0 amide bonds. The molecule has 1 fully saturated rings. The van der Waals surface area contributed by atoms with E-state index in [1.807, 2.05) is 12.1 Å². The minimum Gasteiger partial charge on any atom is -0.310 e. The van der Waals surface area contributed by atoms with Gasteiger partial charge >= 0.3 is 0 Å². The molecule has 2 rings (SSSR count). The van der Waals surface area contributed by atoms with E-state index in [1.54, 1.807) is 13.0 Å². The van der Waals surface area contributed by atoms with Crippen molar-refractivity contribution in [3.63, 3.8) is 0 Å². The van der Waals surface area contributed by atoms with Gasteiger partial charge in [0.1, 0.15) is 0 Å². The molecular weight excluding hydrogens is 252 g/mol. The van der Waals surface area contributed by atoms with Gasteiger partial charge in [0, 0.05) is 24.2 Å². The first-order valence-electron chi connectivity index (χ1n) is 7.57. The molecule has 1 saturated carbocycles. The maximum atomic E-state index is 10.9. The van der Waals surface area contributed by atoms with E-state index in [1.165, 1.54) is 32.1 Å². The summed E-state index contributed by atoms with van der Waals surface area (Å²) in [4.78, 5) is 10.6. The number of nitrogens with zero attached hydrogens (tertiary/aromatic N) is 1. The van der Waals surface area contributed by atoms with Crippen LogP contribution in [0.5, 0.6) is 0 Å². The molecule has 1 aromatic rings. The standard InChI is InChI=1S/C16H24N2O2/c1-3-13-6-8-15(9-7-13)17-11-14-5-4-12(2)16(10-14)18(19)20/h4-5,10,13,15,17H,3,6-9,11H2,1-2H3. The third-order valence-electron chi connectivity index (χ3n) is 4.49. The molecule has 0 heterocycles. The molecule has 0 saturated heterocycles. The highest BCUT2D eigenvalue weighted by Gasteiger charge is 2.19. The number of hydrogen-bond acceptors (Lipinski definition) is 3. The zero-order valence-corrected chi connectivity index (χ0v) is 12.4. The predicted octanol–water partition coefficient (Wildman–Crippen LogP) is 3.96. The normalized spacial score (nSPS) is 22.7. The summed E-state index contributed by atoms with van der Waals surface area (Å²) in [5.74, 6) is 0.897. The van der Waals surface area contributed by atoms with Crippen molar-refractivity contribution in [1.82, 2.24) is 5.32 Å². The van der Waals surface area contributed by atoms with Crippen LogP contribution in [0, 0.1) is 23.0 Å². The van der Waals surface area contributed by atoms with E-state index < -0.39 is 0 Å². The maximum Gasteiger partial charge on any atom is 0.272 e. The first-order chi connectivity index (χ1) is 9.60. The summed E-state index contributed by atoms with van der Waals surface area (Å²) in [6, 6.07) is 6.08. The lowest BCUT2D eigenvalue weighted by atomic mass is 9.84. The third-order valence-corrected chi connectivity index (χ3v) is 4.49. The minimum atomic E-state index is -0.300. The smallest absolute Gasteiger partial charge is 0.272 e. The summed E-state index contributed by atoms with van der Waals surface area (Å²) < 4.78 is 0. The molecule has 1 aliphatic rings. The monoisotopic (exact) mass is 276 g/mol. The Balaban J connectivity index is 1.88. The van der Waals surface area contributed by atoms with Crippen LogP contribution in [0.4, 0.5) is 5.69 Å². The minimum absolute atomic E-state index is 0.221. The van der Waals surface area contributed by atoms with E-state index >= 15 is 0 Å². The summed E-state index contributed by atoms with van der Waals surface area (Å²) >= 11 is 0. The quantitative estimate of drug-likeness (QED) is 0.654. The molecule has 1 N–H and O–H groups in total. The maximum absolute atomic E-state index is 10.9. The summed E-state index contributed by atoms with van der Waals surface area (Å²) in [7, 11) is 0. The number of nitro benzene ring substituents is 1. The van der Waals surface area contributed by atoms with E-state index in [2.05, 4.69) is 12.2 Å². The summed E-state index contributed by atoms with van der Waals surface area (Å²) in [6.07, 6.45) is 6.36. The fourth-order valence-corrected chi connectivity index (χ4v) is 3.00. The van der Waals surface area contributed by atoms with Crippen LogP contribution in [-0.4, -0.2) is 11.0 Å². The molecule has 4 nitrogen and oxygen atoms in total. The van der Waals surface area contributed by atoms with Gasteiger partial charge in [-0.05, 0) is 44.1 Å². The van der Waals surface area contributed by atoms with Gasteiger partial charge in [0.25, 0.3) is 5.69 Å². The van der Waals surface area contributed by atoms with E-state index in [0.29, 0.717) is 6.04 Å². The van der Waals surface area contributed by atoms with Crippen LogP contribution in [-0.2, 0) is 6.54 Å². The van der Waals surface area contributed by atoms with Gasteiger partial charge in [-0.25, -0.2) is 0 Å². The molecular formula is C16H24N2O2. The predicted molar refractivity (Wildman–Crippen MR) is 80.7 cm³/mol. The van der Waals surface area contributed by atoms with Gasteiger partial charge in [0.05, 0.1) is 4.92 Å². The Kier molecular flexibility index (Phi) is 5.12. The first-order valence-corrected chi connectivity index (χ1v) is 7.57. The van der Waals surface area contributed by atoms with Gasteiger partial charge in [-0.1, -0.05) is 25.5 Å².